The van der Waals surface area contributed by atoms with E-state index in [1.54, 1.807) is 22.8 Å². The maximum absolute atomic E-state index is 12.4. The average Bonchev–Trinajstić information content (AvgIpc) is 2.75. The number of halogens is 1. The standard InChI is InChI=1S/C24H31ClN4O/c1-3-4-5-23-22(26)8-9-24(30)29(23)15-14-28-12-10-20(11-13-28)27-17-19-7-6-18(2)21(25)16-19/h3-9,16,20,27H,1,10-15,17,26H2,2H3/b5-4-. The van der Waals surface area contributed by atoms with Crippen molar-refractivity contribution in [3.8, 4) is 0 Å². The lowest BCUT2D eigenvalue weighted by molar-refractivity contribution is 0.190. The van der Waals surface area contributed by atoms with Crippen molar-refractivity contribution in [1.29, 1.82) is 0 Å². The molecule has 0 aliphatic carbocycles. The first-order chi connectivity index (χ1) is 14.5. The van der Waals surface area contributed by atoms with Crippen LogP contribution in [0.2, 0.25) is 5.02 Å². The highest BCUT2D eigenvalue weighted by Crippen LogP contribution is 2.18. The van der Waals surface area contributed by atoms with Crippen LogP contribution in [0.3, 0.4) is 0 Å². The smallest absolute Gasteiger partial charge is 0.251 e. The molecule has 1 aromatic heterocycles. The molecule has 5 nitrogen and oxygen atoms in total. The summed E-state index contributed by atoms with van der Waals surface area (Å²) in [7, 11) is 0. The summed E-state index contributed by atoms with van der Waals surface area (Å²) in [5, 5.41) is 4.47. The second-order valence-corrected chi connectivity index (χ2v) is 8.25. The first kappa shape index (κ1) is 22.3. The number of rotatable bonds is 8. The fourth-order valence-corrected chi connectivity index (χ4v) is 4.00. The molecule has 6 heteroatoms. The number of aryl methyl sites for hydroxylation is 1. The van der Waals surface area contributed by atoms with Crippen molar-refractivity contribution in [3.63, 3.8) is 0 Å². The molecular weight excluding hydrogens is 396 g/mol. The molecule has 0 spiro atoms. The monoisotopic (exact) mass is 426 g/mol. The minimum absolute atomic E-state index is 0.0266. The number of nitrogens with zero attached hydrogens (tertiary/aromatic N) is 2. The minimum atomic E-state index is -0.0266. The Bertz CT molecular complexity index is 958. The third kappa shape index (κ3) is 5.85. The first-order valence-electron chi connectivity index (χ1n) is 10.5. The van der Waals surface area contributed by atoms with Crippen LogP contribution in [0.25, 0.3) is 6.08 Å². The van der Waals surface area contributed by atoms with Gasteiger partial charge in [0, 0.05) is 36.8 Å². The normalized spacial score (nSPS) is 15.7. The molecule has 160 valence electrons. The molecule has 1 aromatic carbocycles. The van der Waals surface area contributed by atoms with Gasteiger partial charge in [0.15, 0.2) is 0 Å². The number of benzene rings is 1. The Labute approximate surface area is 183 Å². The number of hydrogen-bond donors (Lipinski definition) is 2. The first-order valence-corrected chi connectivity index (χ1v) is 10.8. The molecule has 1 fully saturated rings. The average molecular weight is 427 g/mol. The lowest BCUT2D eigenvalue weighted by atomic mass is 10.0. The number of nitrogens with two attached hydrogens (primary N) is 1. The molecule has 3 N–H and O–H groups in total. The molecule has 1 saturated heterocycles. The second-order valence-electron chi connectivity index (χ2n) is 7.84. The van der Waals surface area contributed by atoms with Gasteiger partial charge in [0.05, 0.1) is 11.4 Å². The summed E-state index contributed by atoms with van der Waals surface area (Å²) in [4.78, 5) is 14.8. The van der Waals surface area contributed by atoms with Gasteiger partial charge in [0.1, 0.15) is 0 Å². The van der Waals surface area contributed by atoms with E-state index in [0.717, 1.165) is 55.3 Å². The molecule has 2 aromatic rings. The summed E-state index contributed by atoms with van der Waals surface area (Å²) in [5.41, 5.74) is 9.73. The van der Waals surface area contributed by atoms with Crippen molar-refractivity contribution in [2.75, 3.05) is 25.4 Å². The summed E-state index contributed by atoms with van der Waals surface area (Å²) < 4.78 is 1.75. The minimum Gasteiger partial charge on any atom is -0.397 e. The number of piperidine rings is 1. The van der Waals surface area contributed by atoms with Crippen molar-refractivity contribution in [2.24, 2.45) is 0 Å². The van der Waals surface area contributed by atoms with Crippen LogP contribution in [-0.2, 0) is 13.1 Å². The van der Waals surface area contributed by atoms with E-state index in [0.29, 0.717) is 18.3 Å². The molecule has 2 heterocycles. The number of nitrogens with one attached hydrogen (secondary N) is 1. The van der Waals surface area contributed by atoms with Crippen molar-refractivity contribution >= 4 is 23.4 Å². The number of likely N-dealkylation sites (tertiary alicyclic amines) is 1. The predicted octanol–water partition coefficient (Wildman–Crippen LogP) is 3.85. The molecule has 0 bridgehead atoms. The van der Waals surface area contributed by atoms with Gasteiger partial charge in [-0.15, -0.1) is 0 Å². The third-order valence-corrected chi connectivity index (χ3v) is 6.11. The van der Waals surface area contributed by atoms with E-state index in [9.17, 15) is 4.79 Å². The molecule has 0 radical (unpaired) electrons. The van der Waals surface area contributed by atoms with E-state index in [2.05, 4.69) is 28.9 Å². The summed E-state index contributed by atoms with van der Waals surface area (Å²) in [6.45, 7) is 10.0. The van der Waals surface area contributed by atoms with Crippen LogP contribution in [0.15, 0.2) is 53.9 Å². The van der Waals surface area contributed by atoms with Gasteiger partial charge in [-0.1, -0.05) is 42.5 Å². The van der Waals surface area contributed by atoms with Crippen molar-refractivity contribution in [2.45, 2.75) is 38.9 Å². The molecule has 1 aliphatic heterocycles. The van der Waals surface area contributed by atoms with Crippen LogP contribution in [0.4, 0.5) is 5.69 Å². The summed E-state index contributed by atoms with van der Waals surface area (Å²) in [6.07, 6.45) is 7.52. The van der Waals surface area contributed by atoms with Crippen LogP contribution < -0.4 is 16.6 Å². The predicted molar refractivity (Wildman–Crippen MR) is 127 cm³/mol. The van der Waals surface area contributed by atoms with Gasteiger partial charge in [-0.2, -0.15) is 0 Å². The molecular formula is C24H31ClN4O. The highest BCUT2D eigenvalue weighted by Gasteiger charge is 2.19. The molecule has 30 heavy (non-hydrogen) atoms. The zero-order valence-corrected chi connectivity index (χ0v) is 18.4. The van der Waals surface area contributed by atoms with Crippen LogP contribution >= 0.6 is 11.6 Å². The summed E-state index contributed by atoms with van der Waals surface area (Å²) in [6, 6.07) is 9.95. The molecule has 0 atom stereocenters. The molecule has 3 rings (SSSR count). The van der Waals surface area contributed by atoms with Crippen LogP contribution in [-0.4, -0.2) is 35.1 Å². The number of anilines is 1. The molecule has 0 unspecified atom stereocenters. The summed E-state index contributed by atoms with van der Waals surface area (Å²) in [5.74, 6) is 0. The lowest BCUT2D eigenvalue weighted by Crippen LogP contribution is -2.43. The van der Waals surface area contributed by atoms with Crippen LogP contribution in [0, 0.1) is 6.92 Å². The number of hydrogen-bond acceptors (Lipinski definition) is 4. The lowest BCUT2D eigenvalue weighted by Gasteiger charge is -2.32. The number of nitrogen functional groups attached to an aromatic ring is 1. The Kier molecular flexibility index (Phi) is 7.91. The Morgan fingerprint density at radius 2 is 2.00 bits per heavy atom. The van der Waals surface area contributed by atoms with E-state index in [4.69, 9.17) is 17.3 Å². The van der Waals surface area contributed by atoms with Crippen LogP contribution in [0.5, 0.6) is 0 Å². The fourth-order valence-electron chi connectivity index (χ4n) is 3.80. The van der Waals surface area contributed by atoms with E-state index in [1.807, 2.05) is 19.1 Å². The number of allylic oxidation sites excluding steroid dienone is 2. The quantitative estimate of drug-likeness (QED) is 0.629. The largest absolute Gasteiger partial charge is 0.397 e. The van der Waals surface area contributed by atoms with Gasteiger partial charge in [-0.05, 0) is 62.2 Å². The molecule has 1 aliphatic rings. The molecule has 0 saturated carbocycles. The van der Waals surface area contributed by atoms with Gasteiger partial charge in [-0.3, -0.25) is 4.79 Å². The Balaban J connectivity index is 1.50. The fraction of sp³-hybridized carbons (Fsp3) is 0.375. The van der Waals surface area contributed by atoms with Gasteiger partial charge in [-0.25, -0.2) is 0 Å². The number of pyridine rings is 1. The Morgan fingerprint density at radius 1 is 1.23 bits per heavy atom. The third-order valence-electron chi connectivity index (χ3n) is 5.71. The zero-order chi connectivity index (χ0) is 21.5. The summed E-state index contributed by atoms with van der Waals surface area (Å²) >= 11 is 6.22. The van der Waals surface area contributed by atoms with Crippen molar-refractivity contribution in [1.82, 2.24) is 14.8 Å². The van der Waals surface area contributed by atoms with Gasteiger partial charge in [0.2, 0.25) is 0 Å². The SMILES string of the molecule is C=C/C=C\c1c(N)ccc(=O)n1CCN1CCC(NCc2ccc(C)c(Cl)c2)CC1. The maximum Gasteiger partial charge on any atom is 0.251 e. The highest BCUT2D eigenvalue weighted by atomic mass is 35.5. The maximum atomic E-state index is 12.4. The van der Waals surface area contributed by atoms with Crippen LogP contribution in [0.1, 0.15) is 29.7 Å². The Hall–Kier alpha value is -2.34. The van der Waals surface area contributed by atoms with Crippen molar-refractivity contribution in [3.05, 3.63) is 81.3 Å². The van der Waals surface area contributed by atoms with E-state index >= 15 is 0 Å². The van der Waals surface area contributed by atoms with Gasteiger partial charge in [0.25, 0.3) is 5.56 Å². The number of aromatic nitrogens is 1. The Morgan fingerprint density at radius 3 is 2.70 bits per heavy atom. The second kappa shape index (κ2) is 10.6. The highest BCUT2D eigenvalue weighted by molar-refractivity contribution is 6.31. The van der Waals surface area contributed by atoms with E-state index in [1.165, 1.54) is 11.6 Å². The molecule has 0 amide bonds. The van der Waals surface area contributed by atoms with Gasteiger partial charge >= 0.3 is 0 Å². The van der Waals surface area contributed by atoms with E-state index in [-0.39, 0.29) is 5.56 Å². The zero-order valence-electron chi connectivity index (χ0n) is 17.6. The van der Waals surface area contributed by atoms with Gasteiger partial charge < -0.3 is 20.5 Å². The van der Waals surface area contributed by atoms with E-state index < -0.39 is 0 Å². The topological polar surface area (TPSA) is 63.3 Å². The van der Waals surface area contributed by atoms with Crippen molar-refractivity contribution < 1.29 is 0 Å².